The van der Waals surface area contributed by atoms with Crippen molar-refractivity contribution in [2.75, 3.05) is 0 Å². The van der Waals surface area contributed by atoms with Crippen LogP contribution in [0.25, 0.3) is 0 Å². The lowest BCUT2D eigenvalue weighted by molar-refractivity contribution is 0.886. The molecule has 0 aliphatic carbocycles. The molecule has 0 fully saturated rings. The third-order valence-corrected chi connectivity index (χ3v) is 5.65. The Morgan fingerprint density at radius 1 is 0.867 bits per heavy atom. The second kappa shape index (κ2) is 27.0. The van der Waals surface area contributed by atoms with Gasteiger partial charge in [-0.3, -0.25) is 0 Å². The Kier molecular flexibility index (Phi) is 29.4. The van der Waals surface area contributed by atoms with E-state index >= 15 is 0 Å². The molecule has 0 aliphatic heterocycles. The molecule has 30 heavy (non-hydrogen) atoms. The van der Waals surface area contributed by atoms with Gasteiger partial charge in [0.25, 0.3) is 0 Å². The van der Waals surface area contributed by atoms with Crippen molar-refractivity contribution in [3.8, 4) is 0 Å². The third kappa shape index (κ3) is 16.9. The highest BCUT2D eigenvalue weighted by Crippen LogP contribution is 2.30. The first-order valence-corrected chi connectivity index (χ1v) is 12.5. The molecule has 0 saturated carbocycles. The number of hydrogen-bond donors (Lipinski definition) is 0. The van der Waals surface area contributed by atoms with E-state index in [1.165, 1.54) is 34.0 Å². The van der Waals surface area contributed by atoms with E-state index in [0.29, 0.717) is 0 Å². The summed E-state index contributed by atoms with van der Waals surface area (Å²) in [5.74, 6) is 0. The zero-order valence-corrected chi connectivity index (χ0v) is 21.8. The van der Waals surface area contributed by atoms with Crippen LogP contribution in [0.4, 0.5) is 0 Å². The lowest BCUT2D eigenvalue weighted by Crippen LogP contribution is -2.06. The molecule has 0 N–H and O–H groups in total. The fourth-order valence-electron chi connectivity index (χ4n) is 1.82. The quantitative estimate of drug-likeness (QED) is 0.286. The number of rotatable bonds is 8. The van der Waals surface area contributed by atoms with E-state index < -0.39 is 0 Å². The van der Waals surface area contributed by atoms with E-state index in [9.17, 15) is 0 Å². The summed E-state index contributed by atoms with van der Waals surface area (Å²) in [5.41, 5.74) is 0. The topological polar surface area (TPSA) is 0 Å². The lowest BCUT2D eigenvalue weighted by Gasteiger charge is -2.08. The number of allylic oxidation sites excluding steroid dienone is 8. The van der Waals surface area contributed by atoms with Crippen LogP contribution in [0.2, 0.25) is 0 Å². The van der Waals surface area contributed by atoms with Gasteiger partial charge in [0.2, 0.25) is 0 Å². The SMILES string of the molecule is C=C/C=C\C(=C/C)[S+](/C(C=C)=C/C=C\C)c1ccccc1.CC.CCC.CCCC. The van der Waals surface area contributed by atoms with Crippen molar-refractivity contribution in [2.24, 2.45) is 0 Å². The number of hydrogen-bond acceptors (Lipinski definition) is 0. The van der Waals surface area contributed by atoms with E-state index in [-0.39, 0.29) is 10.9 Å². The second-order valence-electron chi connectivity index (χ2n) is 5.91. The van der Waals surface area contributed by atoms with Crippen LogP contribution in [0.15, 0.2) is 107 Å². The summed E-state index contributed by atoms with van der Waals surface area (Å²) in [7, 11) is -0.148. The van der Waals surface area contributed by atoms with Gasteiger partial charge in [0.15, 0.2) is 14.7 Å². The maximum Gasteiger partial charge on any atom is 0.166 e. The summed E-state index contributed by atoms with van der Waals surface area (Å²) in [6.45, 7) is 24.4. The molecule has 0 radical (unpaired) electrons. The molecule has 1 aromatic carbocycles. The van der Waals surface area contributed by atoms with Crippen LogP contribution in [-0.4, -0.2) is 0 Å². The zero-order valence-electron chi connectivity index (χ0n) is 20.9. The normalized spacial score (nSPS) is 12.0. The fourth-order valence-corrected chi connectivity index (χ4v) is 3.90. The Morgan fingerprint density at radius 3 is 1.77 bits per heavy atom. The van der Waals surface area contributed by atoms with Gasteiger partial charge in [-0.15, -0.1) is 0 Å². The van der Waals surface area contributed by atoms with Gasteiger partial charge in [0.1, 0.15) is 0 Å². The summed E-state index contributed by atoms with van der Waals surface area (Å²) in [5, 5.41) is 0. The van der Waals surface area contributed by atoms with Gasteiger partial charge in [0.05, 0.1) is 10.9 Å². The molecule has 0 saturated heterocycles. The van der Waals surface area contributed by atoms with Gasteiger partial charge in [0, 0.05) is 0 Å². The lowest BCUT2D eigenvalue weighted by atomic mass is 10.4. The van der Waals surface area contributed by atoms with Gasteiger partial charge >= 0.3 is 0 Å². The Morgan fingerprint density at radius 2 is 1.40 bits per heavy atom. The Hall–Kier alpha value is -1.99. The van der Waals surface area contributed by atoms with Crippen molar-refractivity contribution in [1.82, 2.24) is 0 Å². The molecule has 0 nitrogen and oxygen atoms in total. The molecule has 0 aromatic heterocycles. The van der Waals surface area contributed by atoms with Crippen molar-refractivity contribution in [3.05, 3.63) is 102 Å². The average molecular weight is 428 g/mol. The minimum absolute atomic E-state index is 0.148. The van der Waals surface area contributed by atoms with Crippen LogP contribution in [0.1, 0.15) is 74.7 Å². The summed E-state index contributed by atoms with van der Waals surface area (Å²) in [6, 6.07) is 10.5. The molecule has 1 unspecified atom stereocenters. The highest BCUT2D eigenvalue weighted by Gasteiger charge is 2.29. The van der Waals surface area contributed by atoms with E-state index in [1.807, 2.05) is 45.1 Å². The summed E-state index contributed by atoms with van der Waals surface area (Å²) >= 11 is 0. The highest BCUT2D eigenvalue weighted by atomic mass is 32.2. The van der Waals surface area contributed by atoms with Crippen LogP contribution in [-0.2, 0) is 10.9 Å². The largest absolute Gasteiger partial charge is 0.166 e. The van der Waals surface area contributed by atoms with Crippen LogP contribution < -0.4 is 0 Å². The fraction of sp³-hybridized carbons (Fsp3) is 0.379. The molecule has 1 aromatic rings. The molecule has 1 heteroatoms. The van der Waals surface area contributed by atoms with E-state index in [1.54, 1.807) is 6.08 Å². The van der Waals surface area contributed by atoms with Gasteiger partial charge in [-0.1, -0.05) is 116 Å². The van der Waals surface area contributed by atoms with Crippen molar-refractivity contribution in [3.63, 3.8) is 0 Å². The summed E-state index contributed by atoms with van der Waals surface area (Å²) in [6.07, 6.45) is 20.1. The minimum Gasteiger partial charge on any atom is -0.0991 e. The second-order valence-corrected chi connectivity index (χ2v) is 7.94. The maximum atomic E-state index is 3.99. The molecular weight excluding hydrogens is 380 g/mol. The molecule has 0 bridgehead atoms. The Bertz CT molecular complexity index is 613. The van der Waals surface area contributed by atoms with Crippen LogP contribution in [0.5, 0.6) is 0 Å². The first-order chi connectivity index (χ1) is 14.6. The third-order valence-electron chi connectivity index (χ3n) is 3.29. The maximum absolute atomic E-state index is 3.99. The summed E-state index contributed by atoms with van der Waals surface area (Å²) < 4.78 is 0. The molecule has 1 rings (SSSR count). The van der Waals surface area contributed by atoms with Gasteiger partial charge in [-0.05, 0) is 50.3 Å². The molecule has 0 aliphatic rings. The Balaban J connectivity index is -0.000000691. The highest BCUT2D eigenvalue weighted by molar-refractivity contribution is 8.04. The smallest absolute Gasteiger partial charge is 0.0991 e. The van der Waals surface area contributed by atoms with Crippen molar-refractivity contribution >= 4 is 10.9 Å². The van der Waals surface area contributed by atoms with Crippen molar-refractivity contribution in [1.29, 1.82) is 0 Å². The van der Waals surface area contributed by atoms with E-state index in [4.69, 9.17) is 0 Å². The van der Waals surface area contributed by atoms with Gasteiger partial charge in [-0.25, -0.2) is 0 Å². The predicted molar refractivity (Wildman–Crippen MR) is 146 cm³/mol. The van der Waals surface area contributed by atoms with Gasteiger partial charge < -0.3 is 0 Å². The number of benzene rings is 1. The van der Waals surface area contributed by atoms with Crippen LogP contribution in [0, 0.1) is 0 Å². The molecule has 0 spiro atoms. The average Bonchev–Trinajstić information content (AvgIpc) is 2.80. The van der Waals surface area contributed by atoms with E-state index in [2.05, 4.69) is 96.3 Å². The monoisotopic (exact) mass is 427 g/mol. The molecular formula is C29H47S+. The molecule has 1 atom stereocenters. The van der Waals surface area contributed by atoms with Crippen molar-refractivity contribution in [2.45, 2.75) is 79.5 Å². The summed E-state index contributed by atoms with van der Waals surface area (Å²) in [4.78, 5) is 3.76. The first-order valence-electron chi connectivity index (χ1n) is 11.3. The van der Waals surface area contributed by atoms with Crippen LogP contribution >= 0.6 is 0 Å². The molecule has 168 valence electrons. The number of unbranched alkanes of at least 4 members (excludes halogenated alkanes) is 1. The first kappa shape index (κ1) is 32.7. The van der Waals surface area contributed by atoms with Gasteiger partial charge in [-0.2, -0.15) is 0 Å². The standard InChI is InChI=1S/C20H23S.C4H10.C3H8.C2H6/c1-5-9-14-18(7-3)21(19(8-4)15-10-6-2)20-16-12-11-13-17-20;1-3-4-2;1-3-2;1-2/h5-17H,1,4H2,2-3H3;3-4H2,1-2H3;3H2,1-2H3;1-2H3/q+1;;;/b10-6-,14-9-,18-7+,19-15+;;;. The van der Waals surface area contributed by atoms with Crippen molar-refractivity contribution < 1.29 is 0 Å². The molecule has 0 amide bonds. The Labute approximate surface area is 192 Å². The van der Waals surface area contributed by atoms with Crippen LogP contribution in [0.3, 0.4) is 0 Å². The molecule has 0 heterocycles. The predicted octanol–water partition coefficient (Wildman–Crippen LogP) is 10.2. The van der Waals surface area contributed by atoms with E-state index in [0.717, 1.165) is 0 Å². The minimum atomic E-state index is -0.148. The zero-order chi connectivity index (χ0) is 23.6.